The van der Waals surface area contributed by atoms with E-state index in [4.69, 9.17) is 5.26 Å². The number of allylic oxidation sites excluding steroid dienone is 6. The summed E-state index contributed by atoms with van der Waals surface area (Å²) in [5.74, 6) is -0.0269. The third-order valence-corrected chi connectivity index (χ3v) is 3.21. The molecule has 1 N–H and O–H groups in total. The van der Waals surface area contributed by atoms with Crippen LogP contribution in [0.5, 0.6) is 5.75 Å². The Bertz CT molecular complexity index is 652. The molecule has 0 fully saturated rings. The van der Waals surface area contributed by atoms with E-state index in [2.05, 4.69) is 12.1 Å². The van der Waals surface area contributed by atoms with Gasteiger partial charge in [0.25, 0.3) is 0 Å². The molecule has 98 valence electrons. The number of benzene rings is 1. The van der Waals surface area contributed by atoms with E-state index in [9.17, 15) is 10.4 Å². The van der Waals surface area contributed by atoms with E-state index in [1.165, 1.54) is 0 Å². The molecular weight excluding hydrogens is 248 g/mol. The first-order valence-corrected chi connectivity index (χ1v) is 6.39. The van der Waals surface area contributed by atoms with Gasteiger partial charge in [0, 0.05) is 5.57 Å². The highest BCUT2D eigenvalue weighted by molar-refractivity contribution is 5.42. The number of nitrogens with zero attached hydrogens (tertiary/aromatic N) is 2. The van der Waals surface area contributed by atoms with Crippen molar-refractivity contribution in [2.45, 2.75) is 12.8 Å². The number of nitriles is 2. The zero-order valence-electron chi connectivity index (χ0n) is 11.0. The van der Waals surface area contributed by atoms with Crippen LogP contribution >= 0.6 is 0 Å². The van der Waals surface area contributed by atoms with Gasteiger partial charge in [-0.3, -0.25) is 0 Å². The van der Waals surface area contributed by atoms with Gasteiger partial charge in [-0.15, -0.1) is 0 Å². The average molecular weight is 262 g/mol. The fourth-order valence-corrected chi connectivity index (χ4v) is 2.09. The summed E-state index contributed by atoms with van der Waals surface area (Å²) in [6.07, 6.45) is 8.68. The Morgan fingerprint density at radius 1 is 1.10 bits per heavy atom. The van der Waals surface area contributed by atoms with Crippen molar-refractivity contribution in [1.82, 2.24) is 0 Å². The molecule has 1 aromatic carbocycles. The molecule has 2 rings (SSSR count). The molecule has 0 bridgehead atoms. The quantitative estimate of drug-likeness (QED) is 0.907. The van der Waals surface area contributed by atoms with Gasteiger partial charge in [0.15, 0.2) is 0 Å². The highest BCUT2D eigenvalue weighted by Gasteiger charge is 2.13. The van der Waals surface area contributed by atoms with Crippen molar-refractivity contribution in [1.29, 1.82) is 10.5 Å². The van der Waals surface area contributed by atoms with Crippen molar-refractivity contribution in [3.05, 3.63) is 65.3 Å². The van der Waals surface area contributed by atoms with Crippen LogP contribution < -0.4 is 0 Å². The van der Waals surface area contributed by atoms with Crippen molar-refractivity contribution in [3.8, 4) is 17.9 Å². The van der Waals surface area contributed by atoms with E-state index in [0.717, 1.165) is 11.1 Å². The summed E-state index contributed by atoms with van der Waals surface area (Å²) in [6.45, 7) is 0. The highest BCUT2D eigenvalue weighted by atomic mass is 16.3. The molecule has 1 aliphatic carbocycles. The van der Waals surface area contributed by atoms with E-state index >= 15 is 0 Å². The molecular formula is C17H14N2O. The summed E-state index contributed by atoms with van der Waals surface area (Å²) in [5.41, 5.74) is 2.56. The summed E-state index contributed by atoms with van der Waals surface area (Å²) < 4.78 is 0. The van der Waals surface area contributed by atoms with Gasteiger partial charge in [0.1, 0.15) is 5.75 Å². The van der Waals surface area contributed by atoms with Gasteiger partial charge < -0.3 is 5.11 Å². The molecule has 0 heterocycles. The van der Waals surface area contributed by atoms with Gasteiger partial charge in [0.2, 0.25) is 0 Å². The smallest absolute Gasteiger partial charge is 0.115 e. The van der Waals surface area contributed by atoms with Gasteiger partial charge >= 0.3 is 0 Å². The second-order valence-corrected chi connectivity index (χ2v) is 4.60. The minimum absolute atomic E-state index is 0.221. The van der Waals surface area contributed by atoms with Crippen LogP contribution in [0.15, 0.2) is 59.7 Å². The van der Waals surface area contributed by atoms with Crippen molar-refractivity contribution in [3.63, 3.8) is 0 Å². The molecule has 0 saturated heterocycles. The van der Waals surface area contributed by atoms with Crippen molar-refractivity contribution in [2.24, 2.45) is 5.92 Å². The zero-order chi connectivity index (χ0) is 14.4. The first-order valence-electron chi connectivity index (χ1n) is 6.39. The highest BCUT2D eigenvalue weighted by Crippen LogP contribution is 2.22. The van der Waals surface area contributed by atoms with Gasteiger partial charge in [-0.1, -0.05) is 30.4 Å². The van der Waals surface area contributed by atoms with E-state index in [1.54, 1.807) is 18.2 Å². The summed E-state index contributed by atoms with van der Waals surface area (Å²) >= 11 is 0. The Morgan fingerprint density at radius 2 is 1.85 bits per heavy atom. The van der Waals surface area contributed by atoms with Crippen LogP contribution in [0.2, 0.25) is 0 Å². The molecule has 1 unspecified atom stereocenters. The van der Waals surface area contributed by atoms with Crippen LogP contribution in [0.3, 0.4) is 0 Å². The third kappa shape index (κ3) is 3.37. The molecule has 20 heavy (non-hydrogen) atoms. The van der Waals surface area contributed by atoms with Crippen LogP contribution in [0.4, 0.5) is 0 Å². The Kier molecular flexibility index (Phi) is 4.37. The Morgan fingerprint density at radius 3 is 2.50 bits per heavy atom. The van der Waals surface area contributed by atoms with Crippen LogP contribution in [-0.2, 0) is 6.42 Å². The van der Waals surface area contributed by atoms with Crippen LogP contribution in [-0.4, -0.2) is 5.11 Å². The van der Waals surface area contributed by atoms with Crippen LogP contribution in [0, 0.1) is 28.6 Å². The largest absolute Gasteiger partial charge is 0.508 e. The number of hydrogen-bond donors (Lipinski definition) is 1. The Balaban J connectivity index is 2.14. The van der Waals surface area contributed by atoms with Crippen LogP contribution in [0.1, 0.15) is 12.0 Å². The SMILES string of the molecule is N#CC1=CCC=C(C(C#N)Cc2ccc(O)cc2)C=C1. The molecule has 3 heteroatoms. The second kappa shape index (κ2) is 6.41. The second-order valence-electron chi connectivity index (χ2n) is 4.60. The molecule has 3 nitrogen and oxygen atoms in total. The average Bonchev–Trinajstić information content (AvgIpc) is 2.72. The maximum atomic E-state index is 9.35. The normalized spacial score (nSPS) is 15.3. The summed E-state index contributed by atoms with van der Waals surface area (Å²) in [5, 5.41) is 27.5. The molecule has 1 aromatic rings. The predicted octanol–water partition coefficient (Wildman–Crippen LogP) is 3.41. The minimum Gasteiger partial charge on any atom is -0.508 e. The van der Waals surface area contributed by atoms with Crippen molar-refractivity contribution in [2.75, 3.05) is 0 Å². The van der Waals surface area contributed by atoms with E-state index in [-0.39, 0.29) is 11.7 Å². The molecule has 0 saturated carbocycles. The number of hydrogen-bond acceptors (Lipinski definition) is 3. The topological polar surface area (TPSA) is 67.8 Å². The van der Waals surface area contributed by atoms with Gasteiger partial charge in [0.05, 0.1) is 18.1 Å². The lowest BCUT2D eigenvalue weighted by molar-refractivity contribution is 0.475. The monoisotopic (exact) mass is 262 g/mol. The van der Waals surface area contributed by atoms with Gasteiger partial charge in [-0.05, 0) is 42.2 Å². The first kappa shape index (κ1) is 13.6. The van der Waals surface area contributed by atoms with Crippen molar-refractivity contribution >= 4 is 0 Å². The number of phenols is 1. The molecule has 1 aliphatic rings. The predicted molar refractivity (Wildman–Crippen MR) is 76.4 cm³/mol. The molecule has 0 radical (unpaired) electrons. The molecule has 0 spiro atoms. The first-order chi connectivity index (χ1) is 9.72. The van der Waals surface area contributed by atoms with E-state index in [0.29, 0.717) is 18.4 Å². The fraction of sp³-hybridized carbons (Fsp3) is 0.176. The lowest BCUT2D eigenvalue weighted by atomic mass is 9.92. The number of rotatable bonds is 3. The van der Waals surface area contributed by atoms with Crippen LogP contribution in [0.25, 0.3) is 0 Å². The summed E-state index contributed by atoms with van der Waals surface area (Å²) in [4.78, 5) is 0. The lowest BCUT2D eigenvalue weighted by Crippen LogP contribution is -2.04. The maximum absolute atomic E-state index is 9.35. The summed E-state index contributed by atoms with van der Waals surface area (Å²) in [6, 6.07) is 11.3. The lowest BCUT2D eigenvalue weighted by Gasteiger charge is -2.10. The van der Waals surface area contributed by atoms with Gasteiger partial charge in [-0.25, -0.2) is 0 Å². The van der Waals surface area contributed by atoms with E-state index < -0.39 is 0 Å². The molecule has 0 aliphatic heterocycles. The summed E-state index contributed by atoms with van der Waals surface area (Å²) in [7, 11) is 0. The molecule has 0 aromatic heterocycles. The zero-order valence-corrected chi connectivity index (χ0v) is 11.0. The molecule has 1 atom stereocenters. The third-order valence-electron chi connectivity index (χ3n) is 3.21. The standard InChI is InChI=1S/C17H14N2O/c18-11-14-2-1-3-15(7-4-14)16(12-19)10-13-5-8-17(20)9-6-13/h2-9,16,20H,1,10H2. The van der Waals surface area contributed by atoms with Gasteiger partial charge in [-0.2, -0.15) is 10.5 Å². The molecule has 0 amide bonds. The van der Waals surface area contributed by atoms with E-state index in [1.807, 2.05) is 30.4 Å². The maximum Gasteiger partial charge on any atom is 0.115 e. The fourth-order valence-electron chi connectivity index (χ4n) is 2.09. The minimum atomic E-state index is -0.248. The number of phenolic OH excluding ortho intramolecular Hbond substituents is 1. The number of aromatic hydroxyl groups is 1. The van der Waals surface area contributed by atoms with Crippen molar-refractivity contribution < 1.29 is 5.11 Å². The Labute approximate surface area is 118 Å². The Hall–Kier alpha value is -2.78.